The first-order chi connectivity index (χ1) is 13.6. The SMILES string of the molecule is Cc1nc(-c2cccs2)sc1C(=O)NNC(=O)c1csc(N2CCOCC2)n1. The number of nitrogens with one attached hydrogen (secondary N) is 2. The molecule has 0 bridgehead atoms. The Bertz CT molecular complexity index is 976. The molecule has 0 aromatic carbocycles. The number of carbonyl (C=O) groups is 2. The normalized spacial score (nSPS) is 14.1. The Labute approximate surface area is 173 Å². The smallest absolute Gasteiger partial charge is 0.289 e. The Morgan fingerprint density at radius 1 is 1.14 bits per heavy atom. The molecule has 1 aliphatic heterocycles. The number of anilines is 1. The van der Waals surface area contributed by atoms with E-state index in [1.165, 1.54) is 22.7 Å². The maximum absolute atomic E-state index is 12.4. The van der Waals surface area contributed by atoms with Crippen LogP contribution in [0.5, 0.6) is 0 Å². The zero-order valence-corrected chi connectivity index (χ0v) is 17.4. The van der Waals surface area contributed by atoms with Gasteiger partial charge in [0.2, 0.25) is 0 Å². The zero-order valence-electron chi connectivity index (χ0n) is 14.9. The fraction of sp³-hybridized carbons (Fsp3) is 0.294. The molecule has 0 aliphatic carbocycles. The van der Waals surface area contributed by atoms with Gasteiger partial charge in [-0.25, -0.2) is 9.97 Å². The molecule has 0 radical (unpaired) electrons. The van der Waals surface area contributed by atoms with Gasteiger partial charge in [-0.15, -0.1) is 34.0 Å². The molecule has 1 saturated heterocycles. The van der Waals surface area contributed by atoms with E-state index in [-0.39, 0.29) is 5.69 Å². The van der Waals surface area contributed by atoms with Crippen LogP contribution < -0.4 is 15.8 Å². The third-order valence-corrected chi connectivity index (χ3v) is 7.13. The quantitative estimate of drug-likeness (QED) is 0.612. The van der Waals surface area contributed by atoms with Crippen LogP contribution in [0.1, 0.15) is 25.9 Å². The van der Waals surface area contributed by atoms with Gasteiger partial charge in [0.15, 0.2) is 5.13 Å². The number of rotatable bonds is 4. The van der Waals surface area contributed by atoms with Crippen LogP contribution in [-0.4, -0.2) is 48.1 Å². The Balaban J connectivity index is 1.37. The summed E-state index contributed by atoms with van der Waals surface area (Å²) in [6, 6.07) is 3.90. The second kappa shape index (κ2) is 8.35. The van der Waals surface area contributed by atoms with Gasteiger partial charge in [-0.2, -0.15) is 0 Å². The number of carbonyl (C=O) groups excluding carboxylic acids is 2. The average molecular weight is 436 g/mol. The van der Waals surface area contributed by atoms with Crippen molar-refractivity contribution in [1.29, 1.82) is 0 Å². The molecule has 2 N–H and O–H groups in total. The average Bonchev–Trinajstić information content (AvgIpc) is 3.46. The van der Waals surface area contributed by atoms with Crippen LogP contribution in [0.4, 0.5) is 5.13 Å². The van der Waals surface area contributed by atoms with E-state index in [0.717, 1.165) is 28.1 Å². The molecule has 4 rings (SSSR count). The lowest BCUT2D eigenvalue weighted by Gasteiger charge is -2.25. The monoisotopic (exact) mass is 435 g/mol. The lowest BCUT2D eigenvalue weighted by atomic mass is 10.4. The third kappa shape index (κ3) is 4.07. The van der Waals surface area contributed by atoms with Crippen molar-refractivity contribution >= 4 is 51.0 Å². The van der Waals surface area contributed by atoms with Gasteiger partial charge in [0.1, 0.15) is 15.6 Å². The number of amides is 2. The highest BCUT2D eigenvalue weighted by Crippen LogP contribution is 2.30. The maximum atomic E-state index is 12.4. The number of thiazole rings is 2. The molecule has 3 aromatic heterocycles. The maximum Gasteiger partial charge on any atom is 0.289 e. The summed E-state index contributed by atoms with van der Waals surface area (Å²) >= 11 is 4.26. The number of hydrogen-bond acceptors (Lipinski definition) is 9. The fourth-order valence-corrected chi connectivity index (χ4v) is 5.23. The number of thiophene rings is 1. The zero-order chi connectivity index (χ0) is 19.5. The van der Waals surface area contributed by atoms with Crippen LogP contribution in [0.15, 0.2) is 22.9 Å². The highest BCUT2D eigenvalue weighted by Gasteiger charge is 2.20. The minimum atomic E-state index is -0.454. The first-order valence-electron chi connectivity index (χ1n) is 8.52. The predicted molar refractivity (Wildman–Crippen MR) is 110 cm³/mol. The molecule has 1 fully saturated rings. The number of hydrogen-bond donors (Lipinski definition) is 2. The lowest BCUT2D eigenvalue weighted by molar-refractivity contribution is 0.0846. The van der Waals surface area contributed by atoms with Crippen molar-refractivity contribution in [2.45, 2.75) is 6.92 Å². The summed E-state index contributed by atoms with van der Waals surface area (Å²) < 4.78 is 5.32. The molecule has 146 valence electrons. The molecule has 0 spiro atoms. The van der Waals surface area contributed by atoms with E-state index in [9.17, 15) is 9.59 Å². The van der Waals surface area contributed by atoms with Gasteiger partial charge < -0.3 is 9.64 Å². The van der Waals surface area contributed by atoms with Crippen molar-refractivity contribution in [3.05, 3.63) is 39.2 Å². The van der Waals surface area contributed by atoms with E-state index in [2.05, 4.69) is 25.7 Å². The molecule has 1 aliphatic rings. The summed E-state index contributed by atoms with van der Waals surface area (Å²) in [6.07, 6.45) is 0. The van der Waals surface area contributed by atoms with Crippen molar-refractivity contribution in [2.24, 2.45) is 0 Å². The summed E-state index contributed by atoms with van der Waals surface area (Å²) in [7, 11) is 0. The van der Waals surface area contributed by atoms with E-state index >= 15 is 0 Å². The summed E-state index contributed by atoms with van der Waals surface area (Å²) in [6.45, 7) is 4.59. The summed E-state index contributed by atoms with van der Waals surface area (Å²) in [5.41, 5.74) is 5.78. The first kappa shape index (κ1) is 19.0. The summed E-state index contributed by atoms with van der Waals surface area (Å²) in [4.78, 5) is 37.1. The van der Waals surface area contributed by atoms with Gasteiger partial charge in [-0.1, -0.05) is 6.07 Å². The molecule has 28 heavy (non-hydrogen) atoms. The highest BCUT2D eigenvalue weighted by atomic mass is 32.1. The van der Waals surface area contributed by atoms with Crippen LogP contribution in [0.2, 0.25) is 0 Å². The minimum absolute atomic E-state index is 0.270. The van der Waals surface area contributed by atoms with Crippen molar-refractivity contribution in [3.8, 4) is 9.88 Å². The van der Waals surface area contributed by atoms with E-state index < -0.39 is 11.8 Å². The largest absolute Gasteiger partial charge is 0.378 e. The Hall–Kier alpha value is -2.34. The van der Waals surface area contributed by atoms with Crippen LogP contribution >= 0.6 is 34.0 Å². The van der Waals surface area contributed by atoms with Crippen molar-refractivity contribution in [2.75, 3.05) is 31.2 Å². The predicted octanol–water partition coefficient (Wildman–Crippen LogP) is 2.55. The van der Waals surface area contributed by atoms with Crippen molar-refractivity contribution in [3.63, 3.8) is 0 Å². The Morgan fingerprint density at radius 2 is 1.93 bits per heavy atom. The molecule has 0 unspecified atom stereocenters. The van der Waals surface area contributed by atoms with E-state index in [4.69, 9.17) is 4.74 Å². The van der Waals surface area contributed by atoms with Crippen LogP contribution in [-0.2, 0) is 4.74 Å². The fourth-order valence-electron chi connectivity index (χ4n) is 2.62. The molecular formula is C17H17N5O3S3. The van der Waals surface area contributed by atoms with Crippen LogP contribution in [0, 0.1) is 6.92 Å². The molecule has 0 atom stereocenters. The van der Waals surface area contributed by atoms with E-state index in [1.807, 2.05) is 17.5 Å². The van der Waals surface area contributed by atoms with Gasteiger partial charge in [-0.05, 0) is 18.4 Å². The summed E-state index contributed by atoms with van der Waals surface area (Å²) in [5.74, 6) is -0.848. The number of morpholine rings is 1. The number of nitrogens with zero attached hydrogens (tertiary/aromatic N) is 3. The van der Waals surface area contributed by atoms with E-state index in [1.54, 1.807) is 23.6 Å². The standard InChI is InChI=1S/C17H17N5O3S3/c1-10-13(28-16(18-10)12-3-2-8-26-12)15(24)21-20-14(23)11-9-27-17(19-11)22-4-6-25-7-5-22/h2-3,8-9H,4-7H2,1H3,(H,20,23)(H,21,24). The molecule has 11 heteroatoms. The van der Waals surface area contributed by atoms with Gasteiger partial charge in [0.25, 0.3) is 11.8 Å². The van der Waals surface area contributed by atoms with Gasteiger partial charge >= 0.3 is 0 Å². The molecule has 4 heterocycles. The highest BCUT2D eigenvalue weighted by molar-refractivity contribution is 7.22. The first-order valence-corrected chi connectivity index (χ1v) is 11.1. The van der Waals surface area contributed by atoms with Gasteiger partial charge in [0, 0.05) is 18.5 Å². The third-order valence-electron chi connectivity index (χ3n) is 4.03. The second-order valence-corrected chi connectivity index (χ2v) is 8.72. The molecule has 8 nitrogen and oxygen atoms in total. The van der Waals surface area contributed by atoms with Crippen LogP contribution in [0.3, 0.4) is 0 Å². The van der Waals surface area contributed by atoms with Crippen molar-refractivity contribution < 1.29 is 14.3 Å². The number of ether oxygens (including phenoxy) is 1. The topological polar surface area (TPSA) is 96.5 Å². The molecule has 2 amide bonds. The molecular weight excluding hydrogens is 418 g/mol. The van der Waals surface area contributed by atoms with E-state index in [0.29, 0.717) is 23.8 Å². The molecule has 3 aromatic rings. The number of aromatic nitrogens is 2. The van der Waals surface area contributed by atoms with Crippen molar-refractivity contribution in [1.82, 2.24) is 20.8 Å². The van der Waals surface area contributed by atoms with Gasteiger partial charge in [0.05, 0.1) is 23.8 Å². The Kier molecular flexibility index (Phi) is 5.67. The minimum Gasteiger partial charge on any atom is -0.378 e. The second-order valence-electron chi connectivity index (χ2n) is 5.93. The summed E-state index contributed by atoms with van der Waals surface area (Å²) in [5, 5.41) is 5.21. The number of hydrazine groups is 1. The number of aryl methyl sites for hydroxylation is 1. The lowest BCUT2D eigenvalue weighted by Crippen LogP contribution is -2.41. The molecule has 0 saturated carbocycles. The Morgan fingerprint density at radius 3 is 2.68 bits per heavy atom. The van der Waals surface area contributed by atoms with Crippen LogP contribution in [0.25, 0.3) is 9.88 Å². The van der Waals surface area contributed by atoms with Gasteiger partial charge in [-0.3, -0.25) is 20.4 Å².